The highest BCUT2D eigenvalue weighted by atomic mass is 35.5. The van der Waals surface area contributed by atoms with E-state index in [9.17, 15) is 13.2 Å². The normalized spacial score (nSPS) is 17.0. The number of aromatic nitrogens is 2. The number of hydrogen-bond donors (Lipinski definition) is 0. The van der Waals surface area contributed by atoms with Crippen LogP contribution >= 0.6 is 35.0 Å². The summed E-state index contributed by atoms with van der Waals surface area (Å²) in [6.07, 6.45) is 1.79. The van der Waals surface area contributed by atoms with Crippen LogP contribution in [0, 0.1) is 6.92 Å². The Labute approximate surface area is 213 Å². The molecule has 6 nitrogen and oxygen atoms in total. The first-order valence-corrected chi connectivity index (χ1v) is 14.2. The molecule has 1 saturated heterocycles. The van der Waals surface area contributed by atoms with Gasteiger partial charge in [0.15, 0.2) is 20.7 Å². The number of sulfone groups is 1. The molecular formula is C24H23Cl2N3O3S2. The van der Waals surface area contributed by atoms with Gasteiger partial charge in [0.1, 0.15) is 0 Å². The first kappa shape index (κ1) is 25.0. The molecule has 1 aromatic heterocycles. The second kappa shape index (κ2) is 10.6. The fraction of sp³-hybridized carbons (Fsp3) is 0.292. The number of carbonyl (C=O) groups is 1. The van der Waals surface area contributed by atoms with Gasteiger partial charge in [0.2, 0.25) is 0 Å². The lowest BCUT2D eigenvalue weighted by molar-refractivity contribution is 0.0674. The third-order valence-corrected chi connectivity index (χ3v) is 8.87. The van der Waals surface area contributed by atoms with Gasteiger partial charge in [0.25, 0.3) is 5.91 Å². The van der Waals surface area contributed by atoms with Crippen LogP contribution in [-0.2, 0) is 22.1 Å². The molecule has 2 heterocycles. The first-order chi connectivity index (χ1) is 16.2. The number of nitrogens with zero attached hydrogens (tertiary/aromatic N) is 3. The summed E-state index contributed by atoms with van der Waals surface area (Å²) in [5.41, 5.74) is 3.17. The van der Waals surface area contributed by atoms with Crippen molar-refractivity contribution >= 4 is 50.7 Å². The van der Waals surface area contributed by atoms with Gasteiger partial charge in [-0.25, -0.2) is 18.4 Å². The van der Waals surface area contributed by atoms with Crippen LogP contribution < -0.4 is 0 Å². The van der Waals surface area contributed by atoms with E-state index in [1.54, 1.807) is 23.1 Å². The minimum absolute atomic E-state index is 0.0476. The summed E-state index contributed by atoms with van der Waals surface area (Å²) in [5, 5.41) is 1.10. The second-order valence-corrected chi connectivity index (χ2v) is 12.2. The molecule has 0 radical (unpaired) electrons. The Morgan fingerprint density at radius 3 is 2.68 bits per heavy atom. The topological polar surface area (TPSA) is 80.2 Å². The van der Waals surface area contributed by atoms with Crippen molar-refractivity contribution in [2.24, 2.45) is 0 Å². The molecule has 1 atom stereocenters. The standard InChI is InChI=1S/C24H23Cl2N3O3S2/c1-16-5-2-3-7-18(16)14-33-24-27-12-21(26)22(28-24)23(30)29(20-9-10-34(31,32)15-20)13-17-6-4-8-19(25)11-17/h2-8,11-12,20H,9-10,13-15H2,1H3. The van der Waals surface area contributed by atoms with Crippen LogP contribution in [-0.4, -0.2) is 46.7 Å². The van der Waals surface area contributed by atoms with Crippen molar-refractivity contribution in [2.45, 2.75) is 36.8 Å². The number of carbonyl (C=O) groups excluding carboxylic acids is 1. The Morgan fingerprint density at radius 1 is 1.18 bits per heavy atom. The fourth-order valence-electron chi connectivity index (χ4n) is 3.84. The van der Waals surface area contributed by atoms with E-state index in [-0.39, 0.29) is 28.8 Å². The SMILES string of the molecule is Cc1ccccc1CSc1ncc(Cl)c(C(=O)N(Cc2cccc(Cl)c2)C2CCS(=O)(=O)C2)n1. The average Bonchev–Trinajstić information content (AvgIpc) is 3.17. The van der Waals surface area contributed by atoms with Gasteiger partial charge in [-0.1, -0.05) is 71.4 Å². The summed E-state index contributed by atoms with van der Waals surface area (Å²) in [7, 11) is -3.21. The summed E-state index contributed by atoms with van der Waals surface area (Å²) < 4.78 is 24.3. The number of rotatable bonds is 7. The molecule has 1 fully saturated rings. The van der Waals surface area contributed by atoms with E-state index in [4.69, 9.17) is 23.2 Å². The Kier molecular flexibility index (Phi) is 7.82. The van der Waals surface area contributed by atoms with E-state index < -0.39 is 21.8 Å². The maximum absolute atomic E-state index is 13.6. The van der Waals surface area contributed by atoms with Crippen molar-refractivity contribution in [1.29, 1.82) is 0 Å². The van der Waals surface area contributed by atoms with Gasteiger partial charge in [0.05, 0.1) is 22.7 Å². The van der Waals surface area contributed by atoms with Crippen molar-refractivity contribution in [3.05, 3.63) is 87.2 Å². The summed E-state index contributed by atoms with van der Waals surface area (Å²) >= 11 is 13.9. The van der Waals surface area contributed by atoms with Crippen molar-refractivity contribution in [3.63, 3.8) is 0 Å². The Balaban J connectivity index is 1.61. The zero-order chi connectivity index (χ0) is 24.3. The number of aryl methyl sites for hydroxylation is 1. The molecule has 4 rings (SSSR count). The van der Waals surface area contributed by atoms with Crippen molar-refractivity contribution in [3.8, 4) is 0 Å². The predicted octanol–water partition coefficient (Wildman–Crippen LogP) is 5.21. The second-order valence-electron chi connectivity index (χ2n) is 8.18. The highest BCUT2D eigenvalue weighted by Gasteiger charge is 2.36. The minimum atomic E-state index is -3.21. The molecule has 1 amide bonds. The van der Waals surface area contributed by atoms with Gasteiger partial charge in [-0.2, -0.15) is 0 Å². The molecule has 1 unspecified atom stereocenters. The van der Waals surface area contributed by atoms with Gasteiger partial charge < -0.3 is 4.90 Å². The van der Waals surface area contributed by atoms with Crippen molar-refractivity contribution in [1.82, 2.24) is 14.9 Å². The summed E-state index contributed by atoms with van der Waals surface area (Å²) in [4.78, 5) is 23.9. The van der Waals surface area contributed by atoms with E-state index in [0.29, 0.717) is 22.4 Å². The van der Waals surface area contributed by atoms with Crippen molar-refractivity contribution in [2.75, 3.05) is 11.5 Å². The maximum Gasteiger partial charge on any atom is 0.274 e. The number of benzene rings is 2. The Hall–Kier alpha value is -2.13. The molecule has 178 valence electrons. The molecule has 3 aromatic rings. The van der Waals surface area contributed by atoms with Crippen LogP contribution in [0.4, 0.5) is 0 Å². The zero-order valence-electron chi connectivity index (χ0n) is 18.4. The van der Waals surface area contributed by atoms with E-state index >= 15 is 0 Å². The van der Waals surface area contributed by atoms with E-state index in [0.717, 1.165) is 16.7 Å². The van der Waals surface area contributed by atoms with E-state index in [2.05, 4.69) is 9.97 Å². The molecule has 0 spiro atoms. The number of amides is 1. The lowest BCUT2D eigenvalue weighted by Gasteiger charge is -2.28. The minimum Gasteiger partial charge on any atom is -0.329 e. The van der Waals surface area contributed by atoms with Crippen LogP contribution in [0.2, 0.25) is 10.0 Å². The van der Waals surface area contributed by atoms with E-state index in [1.807, 2.05) is 37.3 Å². The highest BCUT2D eigenvalue weighted by Crippen LogP contribution is 2.27. The predicted molar refractivity (Wildman–Crippen MR) is 136 cm³/mol. The average molecular weight is 537 g/mol. The van der Waals surface area contributed by atoms with Gasteiger partial charge >= 0.3 is 0 Å². The quantitative estimate of drug-likeness (QED) is 0.305. The zero-order valence-corrected chi connectivity index (χ0v) is 21.6. The number of thioether (sulfide) groups is 1. The van der Waals surface area contributed by atoms with E-state index in [1.165, 1.54) is 18.0 Å². The Bertz CT molecular complexity index is 1320. The summed E-state index contributed by atoms with van der Waals surface area (Å²) in [6, 6.07) is 14.7. The summed E-state index contributed by atoms with van der Waals surface area (Å²) in [5.74, 6) is 0.185. The van der Waals surface area contributed by atoms with Crippen LogP contribution in [0.1, 0.15) is 33.6 Å². The molecule has 1 aliphatic rings. The van der Waals surface area contributed by atoms with Gasteiger partial charge in [-0.3, -0.25) is 4.79 Å². The maximum atomic E-state index is 13.6. The van der Waals surface area contributed by atoms with Crippen molar-refractivity contribution < 1.29 is 13.2 Å². The monoisotopic (exact) mass is 535 g/mol. The third-order valence-electron chi connectivity index (χ3n) is 5.69. The molecule has 1 aliphatic heterocycles. The lowest BCUT2D eigenvalue weighted by Crippen LogP contribution is -2.41. The smallest absolute Gasteiger partial charge is 0.274 e. The molecular weight excluding hydrogens is 513 g/mol. The van der Waals surface area contributed by atoms with Crippen LogP contribution in [0.15, 0.2) is 59.9 Å². The Morgan fingerprint density at radius 2 is 1.97 bits per heavy atom. The lowest BCUT2D eigenvalue weighted by atomic mass is 10.1. The molecule has 0 bridgehead atoms. The highest BCUT2D eigenvalue weighted by molar-refractivity contribution is 7.98. The molecule has 0 aliphatic carbocycles. The van der Waals surface area contributed by atoms with Crippen LogP contribution in [0.25, 0.3) is 0 Å². The fourth-order valence-corrected chi connectivity index (χ4v) is 6.85. The van der Waals surface area contributed by atoms with Gasteiger partial charge in [-0.05, 0) is 42.2 Å². The molecule has 0 saturated carbocycles. The first-order valence-electron chi connectivity index (χ1n) is 10.7. The number of halogens is 2. The van der Waals surface area contributed by atoms with Gasteiger partial charge in [-0.15, -0.1) is 0 Å². The molecule has 10 heteroatoms. The van der Waals surface area contributed by atoms with Gasteiger partial charge in [0, 0.05) is 23.4 Å². The largest absolute Gasteiger partial charge is 0.329 e. The van der Waals surface area contributed by atoms with Crippen LogP contribution in [0.5, 0.6) is 0 Å². The summed E-state index contributed by atoms with van der Waals surface area (Å²) in [6.45, 7) is 2.24. The molecule has 2 aromatic carbocycles. The van der Waals surface area contributed by atoms with Crippen LogP contribution in [0.3, 0.4) is 0 Å². The third kappa shape index (κ3) is 6.10. The number of hydrogen-bond acceptors (Lipinski definition) is 6. The molecule has 0 N–H and O–H groups in total. The molecule has 34 heavy (non-hydrogen) atoms.